The molecule has 0 aromatic carbocycles. The van der Waals surface area contributed by atoms with Gasteiger partial charge in [0.1, 0.15) is 18.1 Å². The number of carboxylic acid groups (broad SMARTS) is 1. The summed E-state index contributed by atoms with van der Waals surface area (Å²) in [5.74, 6) is -3.37. The maximum Gasteiger partial charge on any atom is 0.326 e. The van der Waals surface area contributed by atoms with Gasteiger partial charge in [0.05, 0.1) is 12.4 Å². The average molecular weight is 581 g/mol. The van der Waals surface area contributed by atoms with Crippen LogP contribution in [0.5, 0.6) is 0 Å². The number of guanidine groups is 2. The fourth-order valence-corrected chi connectivity index (χ4v) is 3.76. The van der Waals surface area contributed by atoms with Gasteiger partial charge in [0.15, 0.2) is 11.9 Å². The van der Waals surface area contributed by atoms with Crippen LogP contribution in [0.1, 0.15) is 51.6 Å². The van der Waals surface area contributed by atoms with Gasteiger partial charge in [-0.25, -0.2) is 9.78 Å². The lowest BCUT2D eigenvalue weighted by atomic mass is 10.0. The number of aromatic nitrogens is 2. The number of amides is 3. The summed E-state index contributed by atoms with van der Waals surface area (Å²) in [6, 6.07) is -4.34. The molecule has 3 amide bonds. The fourth-order valence-electron chi connectivity index (χ4n) is 3.76. The molecule has 0 fully saturated rings. The number of nitrogens with one attached hydrogen (secondary N) is 4. The van der Waals surface area contributed by atoms with Crippen LogP contribution < -0.4 is 44.6 Å². The van der Waals surface area contributed by atoms with Gasteiger partial charge < -0.3 is 54.7 Å². The molecule has 0 bridgehead atoms. The van der Waals surface area contributed by atoms with E-state index in [0.29, 0.717) is 25.1 Å². The molecular weight excluding hydrogens is 536 g/mol. The molecular formula is C24H44N12O5. The summed E-state index contributed by atoms with van der Waals surface area (Å²) in [6.45, 7) is 4.18. The van der Waals surface area contributed by atoms with E-state index in [9.17, 15) is 24.3 Å². The van der Waals surface area contributed by atoms with E-state index in [1.54, 1.807) is 0 Å². The van der Waals surface area contributed by atoms with Crippen molar-refractivity contribution >= 4 is 35.6 Å². The van der Waals surface area contributed by atoms with Crippen molar-refractivity contribution in [2.45, 2.75) is 76.5 Å². The lowest BCUT2D eigenvalue weighted by Gasteiger charge is -2.26. The highest BCUT2D eigenvalue weighted by atomic mass is 16.4. The van der Waals surface area contributed by atoms with E-state index < -0.39 is 47.9 Å². The molecule has 17 heteroatoms. The van der Waals surface area contributed by atoms with Crippen molar-refractivity contribution in [2.24, 2.45) is 44.6 Å². The number of carboxylic acids is 1. The molecule has 4 atom stereocenters. The number of carbonyl (C=O) groups excluding carboxylic acids is 3. The average Bonchev–Trinajstić information content (AvgIpc) is 3.39. The van der Waals surface area contributed by atoms with E-state index in [1.807, 2.05) is 13.8 Å². The summed E-state index contributed by atoms with van der Waals surface area (Å²) in [4.78, 5) is 65.5. The van der Waals surface area contributed by atoms with Gasteiger partial charge in [-0.3, -0.25) is 24.4 Å². The number of carbonyl (C=O) groups is 4. The van der Waals surface area contributed by atoms with E-state index >= 15 is 0 Å². The van der Waals surface area contributed by atoms with Crippen LogP contribution in [0, 0.1) is 5.92 Å². The molecule has 15 N–H and O–H groups in total. The molecule has 1 heterocycles. The van der Waals surface area contributed by atoms with Crippen LogP contribution in [-0.2, 0) is 25.6 Å². The molecule has 0 aliphatic rings. The number of hydrogen-bond donors (Lipinski definition) is 10. The second-order valence-electron chi connectivity index (χ2n) is 9.94. The highest BCUT2D eigenvalue weighted by Gasteiger charge is 2.31. The minimum atomic E-state index is -1.24. The Kier molecular flexibility index (Phi) is 15.2. The Balaban J connectivity index is 2.98. The Hall–Kier alpha value is -4.41. The highest BCUT2D eigenvalue weighted by Crippen LogP contribution is 2.09. The predicted molar refractivity (Wildman–Crippen MR) is 153 cm³/mol. The predicted octanol–water partition coefficient (Wildman–Crippen LogP) is -3.03. The maximum absolute atomic E-state index is 13.4. The van der Waals surface area contributed by atoms with Gasteiger partial charge in [0.25, 0.3) is 0 Å². The summed E-state index contributed by atoms with van der Waals surface area (Å²) in [5.41, 5.74) is 27.7. The summed E-state index contributed by atoms with van der Waals surface area (Å²) in [5, 5.41) is 17.4. The quantitative estimate of drug-likeness (QED) is 0.0445. The molecule has 4 unspecified atom stereocenters. The zero-order valence-corrected chi connectivity index (χ0v) is 23.5. The van der Waals surface area contributed by atoms with Gasteiger partial charge in [-0.05, 0) is 38.0 Å². The first-order valence-electron chi connectivity index (χ1n) is 13.3. The van der Waals surface area contributed by atoms with Gasteiger partial charge in [0.2, 0.25) is 17.7 Å². The van der Waals surface area contributed by atoms with Crippen LogP contribution in [0.15, 0.2) is 22.5 Å². The molecule has 230 valence electrons. The minimum absolute atomic E-state index is 0.0320. The van der Waals surface area contributed by atoms with Gasteiger partial charge >= 0.3 is 5.97 Å². The molecule has 1 rings (SSSR count). The van der Waals surface area contributed by atoms with Gasteiger partial charge in [-0.2, -0.15) is 0 Å². The lowest BCUT2D eigenvalue weighted by molar-refractivity contribution is -0.142. The molecule has 0 radical (unpaired) electrons. The van der Waals surface area contributed by atoms with Gasteiger partial charge in [-0.1, -0.05) is 13.8 Å². The monoisotopic (exact) mass is 580 g/mol. The first-order chi connectivity index (χ1) is 19.3. The number of imidazole rings is 1. The lowest BCUT2D eigenvalue weighted by Crippen LogP contribution is -2.57. The number of aromatic amines is 1. The van der Waals surface area contributed by atoms with Crippen molar-refractivity contribution in [3.63, 3.8) is 0 Å². The first-order valence-corrected chi connectivity index (χ1v) is 13.3. The van der Waals surface area contributed by atoms with Crippen LogP contribution in [0.4, 0.5) is 0 Å². The maximum atomic E-state index is 13.4. The molecule has 41 heavy (non-hydrogen) atoms. The Morgan fingerprint density at radius 3 is 1.93 bits per heavy atom. The Labute approximate surface area is 238 Å². The number of nitrogens with two attached hydrogens (primary N) is 5. The number of aliphatic carboxylic acids is 1. The number of hydrogen-bond acceptors (Lipinski definition) is 8. The van der Waals surface area contributed by atoms with Crippen LogP contribution in [0.3, 0.4) is 0 Å². The fraction of sp³-hybridized carbons (Fsp3) is 0.625. The smallest absolute Gasteiger partial charge is 0.326 e. The highest BCUT2D eigenvalue weighted by molar-refractivity contribution is 5.94. The zero-order chi connectivity index (χ0) is 30.9. The summed E-state index contributed by atoms with van der Waals surface area (Å²) in [7, 11) is 0. The summed E-state index contributed by atoms with van der Waals surface area (Å²) < 4.78 is 0. The molecule has 17 nitrogen and oxygen atoms in total. The van der Waals surface area contributed by atoms with Crippen molar-refractivity contribution in [3.05, 3.63) is 18.2 Å². The number of H-pyrrole nitrogens is 1. The second-order valence-corrected chi connectivity index (χ2v) is 9.94. The third kappa shape index (κ3) is 14.5. The number of aliphatic imine (C=N–C) groups is 2. The minimum Gasteiger partial charge on any atom is -0.480 e. The molecule has 0 saturated heterocycles. The second kappa shape index (κ2) is 18.0. The standard InChI is InChI=1S/C24H44N12O5/c1-13(2)9-17(20(38)34-16(22(40)41)6-4-8-32-24(28)29)36-21(39)18(10-14-11-30-12-33-14)35-19(37)15(25)5-3-7-31-23(26)27/h11-13,15-18H,3-10,25H2,1-2H3,(H,30,33)(H,34,38)(H,35,37)(H,36,39)(H,40,41)(H4,26,27,31)(H4,28,29,32). The normalized spacial score (nSPS) is 13.8. The summed E-state index contributed by atoms with van der Waals surface area (Å²) in [6.07, 6.45) is 4.26. The molecule has 0 aliphatic heterocycles. The van der Waals surface area contributed by atoms with E-state index in [0.717, 1.165) is 0 Å². The number of nitrogens with zero attached hydrogens (tertiary/aromatic N) is 3. The Morgan fingerprint density at radius 1 is 0.878 bits per heavy atom. The van der Waals surface area contributed by atoms with Crippen LogP contribution in [0.25, 0.3) is 0 Å². The third-order valence-corrected chi connectivity index (χ3v) is 5.82. The molecule has 1 aromatic rings. The Morgan fingerprint density at radius 2 is 1.41 bits per heavy atom. The van der Waals surface area contributed by atoms with Crippen molar-refractivity contribution < 1.29 is 24.3 Å². The van der Waals surface area contributed by atoms with E-state index in [-0.39, 0.29) is 50.1 Å². The molecule has 0 spiro atoms. The third-order valence-electron chi connectivity index (χ3n) is 5.82. The largest absolute Gasteiger partial charge is 0.480 e. The van der Waals surface area contributed by atoms with E-state index in [4.69, 9.17) is 28.7 Å². The Bertz CT molecular complexity index is 1040. The zero-order valence-electron chi connectivity index (χ0n) is 23.5. The molecule has 0 saturated carbocycles. The summed E-state index contributed by atoms with van der Waals surface area (Å²) >= 11 is 0. The van der Waals surface area contributed by atoms with Crippen LogP contribution in [0.2, 0.25) is 0 Å². The SMILES string of the molecule is CC(C)CC(NC(=O)C(Cc1cnc[nH]1)NC(=O)C(N)CCCN=C(N)N)C(=O)NC(CCCN=C(N)N)C(=O)O. The molecule has 1 aromatic heterocycles. The topological polar surface area (TPSA) is 308 Å². The van der Waals surface area contributed by atoms with Crippen LogP contribution in [-0.4, -0.2) is 87.9 Å². The van der Waals surface area contributed by atoms with E-state index in [2.05, 4.69) is 35.9 Å². The van der Waals surface area contributed by atoms with Crippen molar-refractivity contribution in [2.75, 3.05) is 13.1 Å². The van der Waals surface area contributed by atoms with Crippen molar-refractivity contribution in [1.29, 1.82) is 0 Å². The van der Waals surface area contributed by atoms with Crippen molar-refractivity contribution in [3.8, 4) is 0 Å². The van der Waals surface area contributed by atoms with Gasteiger partial charge in [0, 0.05) is 31.4 Å². The van der Waals surface area contributed by atoms with Gasteiger partial charge in [-0.15, -0.1) is 0 Å². The molecule has 0 aliphatic carbocycles. The first kappa shape index (κ1) is 34.6. The van der Waals surface area contributed by atoms with Crippen LogP contribution >= 0.6 is 0 Å². The van der Waals surface area contributed by atoms with Crippen molar-refractivity contribution in [1.82, 2.24) is 25.9 Å². The van der Waals surface area contributed by atoms with E-state index in [1.165, 1.54) is 12.5 Å². The number of rotatable bonds is 19.